The molecule has 0 aliphatic carbocycles. The van der Waals surface area contributed by atoms with Gasteiger partial charge >= 0.3 is 0 Å². The van der Waals surface area contributed by atoms with Gasteiger partial charge in [0.25, 0.3) is 0 Å². The highest BCUT2D eigenvalue weighted by atomic mass is 16.5. The number of nitrogens with one attached hydrogen (secondary N) is 2. The van der Waals surface area contributed by atoms with Crippen LogP contribution in [-0.2, 0) is 11.4 Å². The van der Waals surface area contributed by atoms with Gasteiger partial charge in [-0.25, -0.2) is 0 Å². The molecule has 1 atom stereocenters. The molecule has 5 nitrogen and oxygen atoms in total. The summed E-state index contributed by atoms with van der Waals surface area (Å²) in [5.41, 5.74) is 3.45. The van der Waals surface area contributed by atoms with Crippen molar-refractivity contribution in [2.24, 2.45) is 0 Å². The molecule has 1 unspecified atom stereocenters. The lowest BCUT2D eigenvalue weighted by atomic mass is 10.1. The maximum absolute atomic E-state index is 11.3. The first-order valence-corrected chi connectivity index (χ1v) is 7.45. The molecule has 2 rings (SSSR count). The van der Waals surface area contributed by atoms with E-state index in [1.807, 2.05) is 49.4 Å². The van der Waals surface area contributed by atoms with Crippen molar-refractivity contribution in [1.29, 1.82) is 0 Å². The van der Waals surface area contributed by atoms with Crippen molar-refractivity contribution in [3.63, 3.8) is 0 Å². The van der Waals surface area contributed by atoms with Gasteiger partial charge in [0.1, 0.15) is 5.75 Å². The Morgan fingerprint density at radius 1 is 1.26 bits per heavy atom. The standard InChI is InChI=1S/C18H22N2O3/c1-12(15-6-4-5-14(9-15)11-21)19-16-7-8-18(23-3)17(10-16)20-13(2)22/h4-10,12,19,21H,11H2,1-3H3,(H,20,22). The van der Waals surface area contributed by atoms with Crippen LogP contribution in [0.25, 0.3) is 0 Å². The van der Waals surface area contributed by atoms with Crippen LogP contribution in [0.5, 0.6) is 5.75 Å². The van der Waals surface area contributed by atoms with Gasteiger partial charge in [-0.2, -0.15) is 0 Å². The maximum Gasteiger partial charge on any atom is 0.221 e. The predicted molar refractivity (Wildman–Crippen MR) is 91.7 cm³/mol. The molecule has 0 fully saturated rings. The molecule has 0 aliphatic heterocycles. The van der Waals surface area contributed by atoms with E-state index in [1.54, 1.807) is 7.11 Å². The normalized spacial score (nSPS) is 11.7. The van der Waals surface area contributed by atoms with E-state index in [1.165, 1.54) is 6.92 Å². The van der Waals surface area contributed by atoms with Crippen molar-refractivity contribution in [2.45, 2.75) is 26.5 Å². The lowest BCUT2D eigenvalue weighted by Crippen LogP contribution is -2.10. The van der Waals surface area contributed by atoms with Gasteiger partial charge in [0.2, 0.25) is 5.91 Å². The van der Waals surface area contributed by atoms with Crippen molar-refractivity contribution in [1.82, 2.24) is 0 Å². The zero-order valence-electron chi connectivity index (χ0n) is 13.6. The first kappa shape index (κ1) is 16.8. The van der Waals surface area contributed by atoms with Crippen molar-refractivity contribution in [3.05, 3.63) is 53.6 Å². The first-order valence-electron chi connectivity index (χ1n) is 7.45. The number of hydrogen-bond acceptors (Lipinski definition) is 4. The van der Waals surface area contributed by atoms with E-state index in [-0.39, 0.29) is 18.6 Å². The molecule has 0 saturated carbocycles. The fraction of sp³-hybridized carbons (Fsp3) is 0.278. The van der Waals surface area contributed by atoms with E-state index in [9.17, 15) is 9.90 Å². The molecule has 23 heavy (non-hydrogen) atoms. The molecule has 0 bridgehead atoms. The van der Waals surface area contributed by atoms with E-state index < -0.39 is 0 Å². The fourth-order valence-electron chi connectivity index (χ4n) is 2.38. The Hall–Kier alpha value is -2.53. The number of anilines is 2. The van der Waals surface area contributed by atoms with Gasteiger partial charge in [0.15, 0.2) is 0 Å². The molecule has 0 radical (unpaired) electrons. The van der Waals surface area contributed by atoms with Crippen LogP contribution in [0.2, 0.25) is 0 Å². The topological polar surface area (TPSA) is 70.6 Å². The first-order chi connectivity index (χ1) is 11.0. The van der Waals surface area contributed by atoms with Gasteiger partial charge in [-0.1, -0.05) is 24.3 Å². The maximum atomic E-state index is 11.3. The summed E-state index contributed by atoms with van der Waals surface area (Å²) in [6.45, 7) is 3.52. The Bertz CT molecular complexity index is 686. The lowest BCUT2D eigenvalue weighted by Gasteiger charge is -2.18. The molecule has 3 N–H and O–H groups in total. The minimum atomic E-state index is -0.149. The van der Waals surface area contributed by atoms with Crippen LogP contribution < -0.4 is 15.4 Å². The van der Waals surface area contributed by atoms with Gasteiger partial charge in [-0.05, 0) is 36.2 Å². The summed E-state index contributed by atoms with van der Waals surface area (Å²) in [5, 5.41) is 15.4. The number of benzene rings is 2. The Morgan fingerprint density at radius 3 is 2.70 bits per heavy atom. The summed E-state index contributed by atoms with van der Waals surface area (Å²) >= 11 is 0. The predicted octanol–water partition coefficient (Wildman–Crippen LogP) is 3.32. The number of aliphatic hydroxyl groups excluding tert-OH is 1. The number of carbonyl (C=O) groups is 1. The molecule has 0 aromatic heterocycles. The van der Waals surface area contributed by atoms with E-state index in [2.05, 4.69) is 10.6 Å². The number of carbonyl (C=O) groups excluding carboxylic acids is 1. The Morgan fingerprint density at radius 2 is 2.04 bits per heavy atom. The van der Waals surface area contributed by atoms with Gasteiger partial charge in [-0.15, -0.1) is 0 Å². The molecule has 5 heteroatoms. The van der Waals surface area contributed by atoms with Crippen LogP contribution in [0.15, 0.2) is 42.5 Å². The quantitative estimate of drug-likeness (QED) is 0.765. The zero-order chi connectivity index (χ0) is 16.8. The van der Waals surface area contributed by atoms with E-state index in [0.717, 1.165) is 16.8 Å². The molecule has 0 spiro atoms. The molecule has 0 saturated heterocycles. The number of hydrogen-bond donors (Lipinski definition) is 3. The molecule has 0 heterocycles. The van der Waals surface area contributed by atoms with Gasteiger partial charge in [-0.3, -0.25) is 4.79 Å². The summed E-state index contributed by atoms with van der Waals surface area (Å²) < 4.78 is 5.25. The second-order valence-electron chi connectivity index (χ2n) is 5.37. The highest BCUT2D eigenvalue weighted by Gasteiger charge is 2.09. The number of aliphatic hydroxyl groups is 1. The summed E-state index contributed by atoms with van der Waals surface area (Å²) in [7, 11) is 1.57. The third kappa shape index (κ3) is 4.47. The molecular formula is C18H22N2O3. The van der Waals surface area contributed by atoms with Crippen LogP contribution in [0.3, 0.4) is 0 Å². The van der Waals surface area contributed by atoms with Gasteiger partial charge in [0, 0.05) is 18.7 Å². The molecular weight excluding hydrogens is 292 g/mol. The third-order valence-corrected chi connectivity index (χ3v) is 3.53. The summed E-state index contributed by atoms with van der Waals surface area (Å²) in [6, 6.07) is 13.4. The van der Waals surface area contributed by atoms with Crippen LogP contribution in [-0.4, -0.2) is 18.1 Å². The second-order valence-corrected chi connectivity index (χ2v) is 5.37. The molecule has 122 valence electrons. The van der Waals surface area contributed by atoms with E-state index in [4.69, 9.17) is 4.74 Å². The minimum absolute atomic E-state index is 0.0236. The zero-order valence-corrected chi connectivity index (χ0v) is 13.6. The molecule has 2 aromatic carbocycles. The highest BCUT2D eigenvalue weighted by Crippen LogP contribution is 2.29. The second kappa shape index (κ2) is 7.65. The van der Waals surface area contributed by atoms with Gasteiger partial charge < -0.3 is 20.5 Å². The lowest BCUT2D eigenvalue weighted by molar-refractivity contribution is -0.114. The van der Waals surface area contributed by atoms with Crippen LogP contribution in [0.1, 0.15) is 31.0 Å². The molecule has 1 amide bonds. The van der Waals surface area contributed by atoms with Gasteiger partial charge in [0.05, 0.1) is 19.4 Å². The Labute approximate surface area is 136 Å². The van der Waals surface area contributed by atoms with Crippen molar-refractivity contribution >= 4 is 17.3 Å². The van der Waals surface area contributed by atoms with E-state index >= 15 is 0 Å². The highest BCUT2D eigenvalue weighted by molar-refractivity contribution is 5.91. The van der Waals surface area contributed by atoms with Crippen molar-refractivity contribution in [2.75, 3.05) is 17.7 Å². The van der Waals surface area contributed by atoms with Crippen LogP contribution in [0, 0.1) is 0 Å². The molecule has 2 aromatic rings. The SMILES string of the molecule is COc1ccc(NC(C)c2cccc(CO)c2)cc1NC(C)=O. The van der Waals surface area contributed by atoms with E-state index in [0.29, 0.717) is 11.4 Å². The Kier molecular flexibility index (Phi) is 5.60. The summed E-state index contributed by atoms with van der Waals surface area (Å²) in [5.74, 6) is 0.463. The fourth-order valence-corrected chi connectivity index (χ4v) is 2.38. The molecule has 0 aliphatic rings. The summed E-state index contributed by atoms with van der Waals surface area (Å²) in [6.07, 6.45) is 0. The van der Waals surface area contributed by atoms with Crippen molar-refractivity contribution in [3.8, 4) is 5.75 Å². The monoisotopic (exact) mass is 314 g/mol. The smallest absolute Gasteiger partial charge is 0.221 e. The largest absolute Gasteiger partial charge is 0.495 e. The van der Waals surface area contributed by atoms with Crippen LogP contribution >= 0.6 is 0 Å². The number of methoxy groups -OCH3 is 1. The third-order valence-electron chi connectivity index (χ3n) is 3.53. The average Bonchev–Trinajstić information content (AvgIpc) is 2.54. The summed E-state index contributed by atoms with van der Waals surface area (Å²) in [4.78, 5) is 11.3. The number of ether oxygens (including phenoxy) is 1. The Balaban J connectivity index is 2.19. The average molecular weight is 314 g/mol. The number of rotatable bonds is 6. The number of amides is 1. The van der Waals surface area contributed by atoms with Crippen molar-refractivity contribution < 1.29 is 14.6 Å². The van der Waals surface area contributed by atoms with Crippen LogP contribution in [0.4, 0.5) is 11.4 Å². The minimum Gasteiger partial charge on any atom is -0.495 e.